The lowest BCUT2D eigenvalue weighted by atomic mass is 9.87. The van der Waals surface area contributed by atoms with E-state index in [1.165, 1.54) is 57.8 Å². The average Bonchev–Trinajstić information content (AvgIpc) is 2.86. The molecule has 0 saturated heterocycles. The molecule has 2 amide bonds. The van der Waals surface area contributed by atoms with Gasteiger partial charge in [-0.3, -0.25) is 0 Å². The van der Waals surface area contributed by atoms with Gasteiger partial charge in [-0.05, 0) is 38.2 Å². The molecule has 0 aliphatic rings. The number of benzene rings is 1. The van der Waals surface area contributed by atoms with Crippen molar-refractivity contribution in [3.05, 3.63) is 17.7 Å². The van der Waals surface area contributed by atoms with Crippen LogP contribution in [0.25, 0.3) is 0 Å². The molecular formula is C28H50N2O6S. The Balaban J connectivity index is 2.81. The summed E-state index contributed by atoms with van der Waals surface area (Å²) >= 11 is 0. The van der Waals surface area contributed by atoms with E-state index in [4.69, 9.17) is 19.9 Å². The first-order valence-corrected chi connectivity index (χ1v) is 15.4. The Morgan fingerprint density at radius 1 is 0.811 bits per heavy atom. The Morgan fingerprint density at radius 3 is 1.86 bits per heavy atom. The van der Waals surface area contributed by atoms with E-state index in [0.29, 0.717) is 30.1 Å². The number of sulfonamides is 1. The van der Waals surface area contributed by atoms with Gasteiger partial charge in [-0.1, -0.05) is 83.6 Å². The van der Waals surface area contributed by atoms with Gasteiger partial charge in [0.15, 0.2) is 11.5 Å². The fraction of sp³-hybridized carbons (Fsp3) is 0.750. The first kappa shape index (κ1) is 32.9. The molecule has 2 atom stereocenters. The van der Waals surface area contributed by atoms with Crippen molar-refractivity contribution < 1.29 is 27.4 Å². The second-order valence-corrected chi connectivity index (χ2v) is 11.9. The normalized spacial score (nSPS) is 13.1. The van der Waals surface area contributed by atoms with Crippen molar-refractivity contribution in [1.29, 1.82) is 0 Å². The van der Waals surface area contributed by atoms with Crippen molar-refractivity contribution in [3.63, 3.8) is 0 Å². The Hall–Kier alpha value is -2.16. The summed E-state index contributed by atoms with van der Waals surface area (Å²) in [6.07, 6.45) is 15.6. The number of unbranched alkanes of at least 4 members (excludes halogenated alkanes) is 9. The number of nitrogens with one attached hydrogen (secondary N) is 1. The molecule has 0 aromatic heterocycles. The van der Waals surface area contributed by atoms with Crippen LogP contribution in [-0.4, -0.2) is 41.0 Å². The largest absolute Gasteiger partial charge is 0.493 e. The highest BCUT2D eigenvalue weighted by atomic mass is 32.2. The van der Waals surface area contributed by atoms with Gasteiger partial charge in [-0.25, -0.2) is 17.9 Å². The third-order valence-electron chi connectivity index (χ3n) is 7.02. The van der Waals surface area contributed by atoms with E-state index >= 15 is 0 Å². The predicted octanol–water partition coefficient (Wildman–Crippen LogP) is 6.66. The number of primary amides is 1. The van der Waals surface area contributed by atoms with Crippen LogP contribution < -0.4 is 24.7 Å². The third kappa shape index (κ3) is 11.8. The number of rotatable bonds is 21. The minimum atomic E-state index is -3.78. The summed E-state index contributed by atoms with van der Waals surface area (Å²) in [5.74, 6) is 2.02. The molecule has 37 heavy (non-hydrogen) atoms. The standard InChI is InChI=1S/C28H50N2O6S/c1-6-7-8-9-10-11-12-13-14-15-18-23(19-16-17-22(2)37(32,33)30-28(29)31)24-20-21-25(34-3)27(36-5)26(24)35-4/h20-23H,6-19H2,1-5H3,(H3,29,30,31). The number of hydrogen-bond donors (Lipinski definition) is 2. The van der Waals surface area contributed by atoms with Gasteiger partial charge < -0.3 is 19.9 Å². The fourth-order valence-electron chi connectivity index (χ4n) is 4.83. The van der Waals surface area contributed by atoms with Crippen molar-refractivity contribution >= 4 is 16.1 Å². The van der Waals surface area contributed by atoms with Crippen molar-refractivity contribution in [1.82, 2.24) is 4.72 Å². The van der Waals surface area contributed by atoms with Crippen LogP contribution in [0.15, 0.2) is 12.1 Å². The van der Waals surface area contributed by atoms with Crippen LogP contribution in [0.2, 0.25) is 0 Å². The van der Waals surface area contributed by atoms with E-state index in [0.717, 1.165) is 24.8 Å². The van der Waals surface area contributed by atoms with E-state index in [9.17, 15) is 13.2 Å². The number of ether oxygens (including phenoxy) is 3. The zero-order valence-electron chi connectivity index (χ0n) is 23.6. The highest BCUT2D eigenvalue weighted by molar-refractivity contribution is 7.90. The number of carbonyl (C=O) groups is 1. The fourth-order valence-corrected chi connectivity index (χ4v) is 5.79. The molecule has 0 bridgehead atoms. The maximum Gasteiger partial charge on any atom is 0.325 e. The average molecular weight is 543 g/mol. The molecule has 0 spiro atoms. The van der Waals surface area contributed by atoms with Crippen molar-refractivity contribution in [2.24, 2.45) is 5.73 Å². The van der Waals surface area contributed by atoms with Gasteiger partial charge in [-0.15, -0.1) is 0 Å². The van der Waals surface area contributed by atoms with Crippen molar-refractivity contribution in [3.8, 4) is 17.2 Å². The van der Waals surface area contributed by atoms with Crippen molar-refractivity contribution in [2.45, 2.75) is 115 Å². The first-order chi connectivity index (χ1) is 17.7. The van der Waals surface area contributed by atoms with Crippen LogP contribution in [0.5, 0.6) is 17.2 Å². The highest BCUT2D eigenvalue weighted by Gasteiger charge is 2.25. The topological polar surface area (TPSA) is 117 Å². The second-order valence-electron chi connectivity index (χ2n) is 9.84. The van der Waals surface area contributed by atoms with Gasteiger partial charge >= 0.3 is 6.03 Å². The van der Waals surface area contributed by atoms with Crippen LogP contribution in [0.1, 0.15) is 115 Å². The molecule has 8 nitrogen and oxygen atoms in total. The molecule has 1 rings (SSSR count). The van der Waals surface area contributed by atoms with Gasteiger partial charge in [0.1, 0.15) is 0 Å². The van der Waals surface area contributed by atoms with E-state index in [2.05, 4.69) is 6.92 Å². The maximum absolute atomic E-state index is 12.2. The monoisotopic (exact) mass is 542 g/mol. The number of urea groups is 1. The maximum atomic E-state index is 12.2. The second kappa shape index (κ2) is 18.2. The Kier molecular flexibility index (Phi) is 16.1. The van der Waals surface area contributed by atoms with Crippen LogP contribution in [0, 0.1) is 0 Å². The summed E-state index contributed by atoms with van der Waals surface area (Å²) in [5, 5.41) is -0.717. The minimum Gasteiger partial charge on any atom is -0.493 e. The molecule has 2 unspecified atom stereocenters. The zero-order chi connectivity index (χ0) is 27.7. The summed E-state index contributed by atoms with van der Waals surface area (Å²) in [4.78, 5) is 11.0. The molecular weight excluding hydrogens is 492 g/mol. The lowest BCUT2D eigenvalue weighted by Gasteiger charge is -2.23. The lowest BCUT2D eigenvalue weighted by Crippen LogP contribution is -2.40. The number of methoxy groups -OCH3 is 3. The SMILES string of the molecule is CCCCCCCCCCCCC(CCCC(C)S(=O)(=O)NC(N)=O)c1ccc(OC)c(OC)c1OC. The quantitative estimate of drug-likeness (QED) is 0.168. The molecule has 0 saturated carbocycles. The summed E-state index contributed by atoms with van der Waals surface area (Å²) in [5.41, 5.74) is 6.06. The van der Waals surface area contributed by atoms with Gasteiger partial charge in [0.05, 0.1) is 26.6 Å². The minimum absolute atomic E-state index is 0.183. The third-order valence-corrected chi connectivity index (χ3v) is 8.80. The molecule has 1 aromatic carbocycles. The van der Waals surface area contributed by atoms with E-state index in [1.54, 1.807) is 28.3 Å². The van der Waals surface area contributed by atoms with Crippen LogP contribution in [-0.2, 0) is 10.0 Å². The molecule has 9 heteroatoms. The van der Waals surface area contributed by atoms with Crippen molar-refractivity contribution in [2.75, 3.05) is 21.3 Å². The summed E-state index contributed by atoms with van der Waals surface area (Å²) < 4.78 is 43.2. The number of hydrogen-bond acceptors (Lipinski definition) is 6. The molecule has 3 N–H and O–H groups in total. The highest BCUT2D eigenvalue weighted by Crippen LogP contribution is 2.45. The molecule has 0 aliphatic carbocycles. The molecule has 214 valence electrons. The van der Waals surface area contributed by atoms with E-state index in [1.807, 2.05) is 16.9 Å². The number of carbonyl (C=O) groups excluding carboxylic acids is 1. The molecule has 0 aliphatic heterocycles. The Labute approximate surface area is 225 Å². The lowest BCUT2D eigenvalue weighted by molar-refractivity contribution is 0.253. The van der Waals surface area contributed by atoms with Crippen LogP contribution in [0.4, 0.5) is 4.79 Å². The van der Waals surface area contributed by atoms with Crippen LogP contribution >= 0.6 is 0 Å². The summed E-state index contributed by atoms with van der Waals surface area (Å²) in [6, 6.07) is 2.86. The van der Waals surface area contributed by atoms with Gasteiger partial charge in [0, 0.05) is 5.56 Å². The first-order valence-electron chi connectivity index (χ1n) is 13.8. The van der Waals surface area contributed by atoms with E-state index < -0.39 is 21.3 Å². The number of nitrogens with two attached hydrogens (primary N) is 1. The molecule has 0 radical (unpaired) electrons. The zero-order valence-corrected chi connectivity index (χ0v) is 24.5. The molecule has 0 heterocycles. The van der Waals surface area contributed by atoms with Gasteiger partial charge in [0.2, 0.25) is 15.8 Å². The van der Waals surface area contributed by atoms with Gasteiger partial charge in [-0.2, -0.15) is 0 Å². The van der Waals surface area contributed by atoms with Crippen LogP contribution in [0.3, 0.4) is 0 Å². The van der Waals surface area contributed by atoms with E-state index in [-0.39, 0.29) is 5.92 Å². The Morgan fingerprint density at radius 2 is 1.35 bits per heavy atom. The smallest absolute Gasteiger partial charge is 0.325 e. The number of amides is 2. The predicted molar refractivity (Wildman–Crippen MR) is 150 cm³/mol. The molecule has 1 aromatic rings. The Bertz CT molecular complexity index is 891. The summed E-state index contributed by atoms with van der Waals surface area (Å²) in [6.45, 7) is 3.84. The summed E-state index contributed by atoms with van der Waals surface area (Å²) in [7, 11) is 1.04. The van der Waals surface area contributed by atoms with Gasteiger partial charge in [0.25, 0.3) is 0 Å². The molecule has 0 fully saturated rings.